The maximum Gasteiger partial charge on any atom is 0.161 e. The van der Waals surface area contributed by atoms with E-state index in [1.165, 1.54) is 0 Å². The first-order valence-corrected chi connectivity index (χ1v) is 5.49. The van der Waals surface area contributed by atoms with Crippen LogP contribution in [0.25, 0.3) is 0 Å². The number of hydrogen-bond donors (Lipinski definition) is 1. The van der Waals surface area contributed by atoms with Gasteiger partial charge in [-0.05, 0) is 17.7 Å². The van der Waals surface area contributed by atoms with Gasteiger partial charge in [0.05, 0.1) is 32.2 Å². The molecule has 0 radical (unpaired) electrons. The molecular formula is C13H15N3O2. The van der Waals surface area contributed by atoms with Crippen LogP contribution in [0.1, 0.15) is 17.3 Å². The number of aromatic nitrogens is 2. The standard InChI is InChI=1S/C13H15N3O2/c1-17-11-4-3-9(7-12(11)18-2)13(14)10-8-15-5-6-16-10/h3-8,13H,14H2,1-2H3. The van der Waals surface area contributed by atoms with Crippen LogP contribution in [0.2, 0.25) is 0 Å². The predicted octanol–water partition coefficient (Wildman–Crippen LogP) is 1.54. The molecule has 2 rings (SSSR count). The van der Waals surface area contributed by atoms with E-state index >= 15 is 0 Å². The summed E-state index contributed by atoms with van der Waals surface area (Å²) in [5.41, 5.74) is 7.74. The summed E-state index contributed by atoms with van der Waals surface area (Å²) in [4.78, 5) is 8.20. The predicted molar refractivity (Wildman–Crippen MR) is 67.6 cm³/mol. The Morgan fingerprint density at radius 1 is 1.11 bits per heavy atom. The molecule has 1 unspecified atom stereocenters. The van der Waals surface area contributed by atoms with Gasteiger partial charge in [-0.3, -0.25) is 9.97 Å². The summed E-state index contributed by atoms with van der Waals surface area (Å²) < 4.78 is 10.4. The van der Waals surface area contributed by atoms with Crippen LogP contribution in [-0.2, 0) is 0 Å². The Morgan fingerprint density at radius 3 is 2.50 bits per heavy atom. The molecule has 5 nitrogen and oxygen atoms in total. The van der Waals surface area contributed by atoms with Crippen LogP contribution in [0.15, 0.2) is 36.8 Å². The third-order valence-electron chi connectivity index (χ3n) is 2.67. The summed E-state index contributed by atoms with van der Waals surface area (Å²) in [5.74, 6) is 1.32. The molecule has 0 spiro atoms. The van der Waals surface area contributed by atoms with Crippen molar-refractivity contribution in [3.05, 3.63) is 48.0 Å². The molecule has 2 N–H and O–H groups in total. The van der Waals surface area contributed by atoms with Gasteiger partial charge in [0.2, 0.25) is 0 Å². The lowest BCUT2D eigenvalue weighted by Crippen LogP contribution is -2.13. The lowest BCUT2D eigenvalue weighted by Gasteiger charge is -2.14. The molecule has 2 aromatic rings. The Kier molecular flexibility index (Phi) is 3.74. The fourth-order valence-electron chi connectivity index (χ4n) is 1.69. The Bertz CT molecular complexity index is 517. The van der Waals surface area contributed by atoms with Gasteiger partial charge in [0, 0.05) is 12.4 Å². The highest BCUT2D eigenvalue weighted by atomic mass is 16.5. The molecule has 0 saturated carbocycles. The van der Waals surface area contributed by atoms with Crippen molar-refractivity contribution in [3.8, 4) is 11.5 Å². The second kappa shape index (κ2) is 5.46. The third-order valence-corrected chi connectivity index (χ3v) is 2.67. The van der Waals surface area contributed by atoms with Crippen molar-refractivity contribution in [2.75, 3.05) is 14.2 Å². The molecule has 0 saturated heterocycles. The quantitative estimate of drug-likeness (QED) is 0.884. The number of benzene rings is 1. The molecule has 5 heteroatoms. The van der Waals surface area contributed by atoms with E-state index in [-0.39, 0.29) is 6.04 Å². The molecule has 0 bridgehead atoms. The van der Waals surface area contributed by atoms with Crippen molar-refractivity contribution in [3.63, 3.8) is 0 Å². The van der Waals surface area contributed by atoms with E-state index in [0.29, 0.717) is 17.2 Å². The molecular weight excluding hydrogens is 230 g/mol. The number of hydrogen-bond acceptors (Lipinski definition) is 5. The Morgan fingerprint density at radius 2 is 1.89 bits per heavy atom. The SMILES string of the molecule is COc1ccc(C(N)c2cnccn2)cc1OC. The minimum atomic E-state index is -0.335. The van der Waals surface area contributed by atoms with Crippen molar-refractivity contribution >= 4 is 0 Å². The molecule has 0 aliphatic heterocycles. The van der Waals surface area contributed by atoms with Crippen molar-refractivity contribution < 1.29 is 9.47 Å². The first-order valence-electron chi connectivity index (χ1n) is 5.49. The first-order chi connectivity index (χ1) is 8.76. The van der Waals surface area contributed by atoms with E-state index in [4.69, 9.17) is 15.2 Å². The highest BCUT2D eigenvalue weighted by molar-refractivity contribution is 5.44. The Balaban J connectivity index is 2.34. The van der Waals surface area contributed by atoms with Crippen LogP contribution in [0.3, 0.4) is 0 Å². The lowest BCUT2D eigenvalue weighted by molar-refractivity contribution is 0.354. The number of nitrogens with zero attached hydrogens (tertiary/aromatic N) is 2. The van der Waals surface area contributed by atoms with Gasteiger partial charge in [-0.25, -0.2) is 0 Å². The molecule has 0 aliphatic rings. The van der Waals surface area contributed by atoms with Crippen molar-refractivity contribution in [2.24, 2.45) is 5.73 Å². The van der Waals surface area contributed by atoms with Gasteiger partial charge in [0.1, 0.15) is 0 Å². The smallest absolute Gasteiger partial charge is 0.161 e. The second-order valence-corrected chi connectivity index (χ2v) is 3.72. The summed E-state index contributed by atoms with van der Waals surface area (Å²) in [7, 11) is 3.19. The van der Waals surface area contributed by atoms with E-state index in [1.807, 2.05) is 18.2 Å². The molecule has 1 aromatic heterocycles. The van der Waals surface area contributed by atoms with Gasteiger partial charge in [-0.15, -0.1) is 0 Å². The van der Waals surface area contributed by atoms with Gasteiger partial charge in [-0.2, -0.15) is 0 Å². The van der Waals surface area contributed by atoms with Crippen molar-refractivity contribution in [1.29, 1.82) is 0 Å². The van der Waals surface area contributed by atoms with Crippen LogP contribution >= 0.6 is 0 Å². The van der Waals surface area contributed by atoms with Crippen LogP contribution < -0.4 is 15.2 Å². The average Bonchev–Trinajstić information content (AvgIpc) is 2.46. The van der Waals surface area contributed by atoms with Gasteiger partial charge in [-0.1, -0.05) is 6.07 Å². The van der Waals surface area contributed by atoms with Gasteiger partial charge >= 0.3 is 0 Å². The van der Waals surface area contributed by atoms with Gasteiger partial charge in [0.15, 0.2) is 11.5 Å². The number of ether oxygens (including phenoxy) is 2. The second-order valence-electron chi connectivity index (χ2n) is 3.72. The molecule has 1 atom stereocenters. The zero-order chi connectivity index (χ0) is 13.0. The van der Waals surface area contributed by atoms with E-state index in [9.17, 15) is 0 Å². The molecule has 1 heterocycles. The van der Waals surface area contributed by atoms with Crippen molar-refractivity contribution in [1.82, 2.24) is 9.97 Å². The maximum atomic E-state index is 6.13. The summed E-state index contributed by atoms with van der Waals surface area (Å²) in [6.07, 6.45) is 4.89. The van der Waals surface area contributed by atoms with Crippen LogP contribution in [0, 0.1) is 0 Å². The van der Waals surface area contributed by atoms with Gasteiger partial charge in [0.25, 0.3) is 0 Å². The summed E-state index contributed by atoms with van der Waals surface area (Å²) in [5, 5.41) is 0. The van der Waals surface area contributed by atoms with Crippen LogP contribution in [0.5, 0.6) is 11.5 Å². The number of rotatable bonds is 4. The minimum Gasteiger partial charge on any atom is -0.493 e. The van der Waals surface area contributed by atoms with E-state index in [0.717, 1.165) is 5.56 Å². The fraction of sp³-hybridized carbons (Fsp3) is 0.231. The monoisotopic (exact) mass is 245 g/mol. The van der Waals surface area contributed by atoms with E-state index in [1.54, 1.807) is 32.8 Å². The Hall–Kier alpha value is -2.14. The molecule has 94 valence electrons. The topological polar surface area (TPSA) is 70.3 Å². The first kappa shape index (κ1) is 12.3. The number of nitrogens with two attached hydrogens (primary N) is 1. The number of methoxy groups -OCH3 is 2. The van der Waals surface area contributed by atoms with E-state index < -0.39 is 0 Å². The van der Waals surface area contributed by atoms with Gasteiger partial charge < -0.3 is 15.2 Å². The molecule has 0 amide bonds. The summed E-state index contributed by atoms with van der Waals surface area (Å²) in [6, 6.07) is 5.22. The molecule has 1 aromatic carbocycles. The van der Waals surface area contributed by atoms with Crippen molar-refractivity contribution in [2.45, 2.75) is 6.04 Å². The molecule has 18 heavy (non-hydrogen) atoms. The maximum absolute atomic E-state index is 6.13. The Labute approximate surface area is 106 Å². The zero-order valence-electron chi connectivity index (χ0n) is 10.3. The normalized spacial score (nSPS) is 11.9. The van der Waals surface area contributed by atoms with Crippen LogP contribution in [0.4, 0.5) is 0 Å². The summed E-state index contributed by atoms with van der Waals surface area (Å²) >= 11 is 0. The fourth-order valence-corrected chi connectivity index (χ4v) is 1.69. The zero-order valence-corrected chi connectivity index (χ0v) is 10.3. The highest BCUT2D eigenvalue weighted by Crippen LogP contribution is 2.30. The summed E-state index contributed by atoms with van der Waals surface area (Å²) in [6.45, 7) is 0. The minimum absolute atomic E-state index is 0.335. The highest BCUT2D eigenvalue weighted by Gasteiger charge is 2.13. The largest absolute Gasteiger partial charge is 0.493 e. The molecule has 0 aliphatic carbocycles. The molecule has 0 fully saturated rings. The van der Waals surface area contributed by atoms with E-state index in [2.05, 4.69) is 9.97 Å². The third kappa shape index (κ3) is 2.41. The lowest BCUT2D eigenvalue weighted by atomic mass is 10.0. The average molecular weight is 245 g/mol. The van der Waals surface area contributed by atoms with Crippen LogP contribution in [-0.4, -0.2) is 24.2 Å².